The summed E-state index contributed by atoms with van der Waals surface area (Å²) in [7, 11) is 0. The number of thiophene rings is 1. The number of benzene rings is 2. The monoisotopic (exact) mass is 437 g/mol. The standard InChI is InChI=1S/C18H10ClF2N3O2S2/c19-15-10-3-1-2-4-13(10)28-16(15)17-23-24-18(26-17)27-8-14(25)22-12-7-9(20)5-6-11(12)21/h1-7H,8H2,(H,22,25). The van der Waals surface area contributed by atoms with Crippen molar-refractivity contribution < 1.29 is 18.0 Å². The number of fused-ring (bicyclic) bond motifs is 1. The minimum atomic E-state index is -0.723. The molecule has 142 valence electrons. The van der Waals surface area contributed by atoms with Gasteiger partial charge in [-0.15, -0.1) is 21.5 Å². The van der Waals surface area contributed by atoms with E-state index in [0.29, 0.717) is 9.90 Å². The number of nitrogens with one attached hydrogen (secondary N) is 1. The Bertz CT molecular complexity index is 1180. The summed E-state index contributed by atoms with van der Waals surface area (Å²) >= 11 is 8.80. The highest BCUT2D eigenvalue weighted by molar-refractivity contribution is 7.99. The minimum absolute atomic E-state index is 0.113. The summed E-state index contributed by atoms with van der Waals surface area (Å²) in [5.41, 5.74) is -0.228. The van der Waals surface area contributed by atoms with Crippen molar-refractivity contribution >= 4 is 56.4 Å². The first kappa shape index (κ1) is 18.9. The van der Waals surface area contributed by atoms with Gasteiger partial charge < -0.3 is 9.73 Å². The average molecular weight is 438 g/mol. The van der Waals surface area contributed by atoms with Gasteiger partial charge in [0.1, 0.15) is 16.5 Å². The lowest BCUT2D eigenvalue weighted by molar-refractivity contribution is -0.113. The van der Waals surface area contributed by atoms with Crippen LogP contribution in [-0.4, -0.2) is 21.9 Å². The van der Waals surface area contributed by atoms with E-state index in [1.165, 1.54) is 11.3 Å². The molecular formula is C18H10ClF2N3O2S2. The number of carbonyl (C=O) groups excluding carboxylic acids is 1. The highest BCUT2D eigenvalue weighted by Gasteiger charge is 2.18. The highest BCUT2D eigenvalue weighted by Crippen LogP contribution is 2.41. The molecule has 0 spiro atoms. The van der Waals surface area contributed by atoms with E-state index in [9.17, 15) is 13.6 Å². The fourth-order valence-corrected chi connectivity index (χ4v) is 4.41. The van der Waals surface area contributed by atoms with Crippen molar-refractivity contribution in [1.82, 2.24) is 10.2 Å². The van der Waals surface area contributed by atoms with Gasteiger partial charge in [0.15, 0.2) is 0 Å². The number of hydrogen-bond acceptors (Lipinski definition) is 6. The lowest BCUT2D eigenvalue weighted by Crippen LogP contribution is -2.15. The van der Waals surface area contributed by atoms with Gasteiger partial charge in [0.05, 0.1) is 16.5 Å². The summed E-state index contributed by atoms with van der Waals surface area (Å²) in [6, 6.07) is 10.5. The summed E-state index contributed by atoms with van der Waals surface area (Å²) in [5.74, 6) is -1.76. The summed E-state index contributed by atoms with van der Waals surface area (Å²) in [6.07, 6.45) is 0. The van der Waals surface area contributed by atoms with Gasteiger partial charge in [0, 0.05) is 16.2 Å². The van der Waals surface area contributed by atoms with Crippen LogP contribution < -0.4 is 5.32 Å². The number of amides is 1. The molecule has 0 aliphatic carbocycles. The molecule has 4 aromatic rings. The molecule has 0 atom stereocenters. The minimum Gasteiger partial charge on any atom is -0.410 e. The van der Waals surface area contributed by atoms with E-state index in [-0.39, 0.29) is 22.6 Å². The second-order valence-electron chi connectivity index (χ2n) is 5.58. The molecule has 28 heavy (non-hydrogen) atoms. The van der Waals surface area contributed by atoms with E-state index >= 15 is 0 Å². The summed E-state index contributed by atoms with van der Waals surface area (Å²) < 4.78 is 33.3. The molecule has 0 saturated carbocycles. The molecule has 10 heteroatoms. The number of nitrogens with zero attached hydrogens (tertiary/aromatic N) is 2. The van der Waals surface area contributed by atoms with Gasteiger partial charge in [0.2, 0.25) is 5.91 Å². The van der Waals surface area contributed by atoms with Crippen LogP contribution in [0.4, 0.5) is 14.5 Å². The predicted molar refractivity (Wildman–Crippen MR) is 106 cm³/mol. The lowest BCUT2D eigenvalue weighted by Gasteiger charge is -2.05. The first-order valence-electron chi connectivity index (χ1n) is 7.90. The Balaban J connectivity index is 1.44. The third-order valence-corrected chi connectivity index (χ3v) is 6.15. The van der Waals surface area contributed by atoms with Crippen molar-refractivity contribution in [3.63, 3.8) is 0 Å². The first-order chi connectivity index (χ1) is 13.5. The predicted octanol–water partition coefficient (Wildman–Crippen LogP) is 5.61. The number of halogens is 3. The van der Waals surface area contributed by atoms with Gasteiger partial charge in [-0.2, -0.15) is 0 Å². The second kappa shape index (κ2) is 7.86. The lowest BCUT2D eigenvalue weighted by atomic mass is 10.2. The van der Waals surface area contributed by atoms with Crippen molar-refractivity contribution in [1.29, 1.82) is 0 Å². The topological polar surface area (TPSA) is 68.0 Å². The van der Waals surface area contributed by atoms with E-state index in [2.05, 4.69) is 15.5 Å². The van der Waals surface area contributed by atoms with Crippen LogP contribution in [0.3, 0.4) is 0 Å². The number of carbonyl (C=O) groups is 1. The highest BCUT2D eigenvalue weighted by atomic mass is 35.5. The van der Waals surface area contributed by atoms with Crippen LogP contribution in [0.25, 0.3) is 20.9 Å². The zero-order valence-electron chi connectivity index (χ0n) is 13.9. The zero-order chi connectivity index (χ0) is 19.7. The first-order valence-corrected chi connectivity index (χ1v) is 10.1. The SMILES string of the molecule is O=C(CSc1nnc(-c2sc3ccccc3c2Cl)o1)Nc1cc(F)ccc1F. The maximum Gasteiger partial charge on any atom is 0.277 e. The Morgan fingerprint density at radius 3 is 2.86 bits per heavy atom. The van der Waals surface area contributed by atoms with E-state index < -0.39 is 17.5 Å². The van der Waals surface area contributed by atoms with Crippen molar-refractivity contribution in [2.75, 3.05) is 11.1 Å². The molecule has 0 fully saturated rings. The average Bonchev–Trinajstić information content (AvgIpc) is 3.28. The van der Waals surface area contributed by atoms with Crippen LogP contribution in [0.1, 0.15) is 0 Å². The second-order valence-corrected chi connectivity index (χ2v) is 7.93. The third kappa shape index (κ3) is 3.87. The van der Waals surface area contributed by atoms with E-state index in [1.807, 2.05) is 24.3 Å². The molecule has 1 N–H and O–H groups in total. The number of anilines is 1. The van der Waals surface area contributed by atoms with Crippen LogP contribution in [0.5, 0.6) is 0 Å². The van der Waals surface area contributed by atoms with Gasteiger partial charge in [-0.05, 0) is 18.2 Å². The van der Waals surface area contributed by atoms with Gasteiger partial charge >= 0.3 is 0 Å². The van der Waals surface area contributed by atoms with Crippen molar-refractivity contribution in [2.45, 2.75) is 5.22 Å². The molecule has 0 bridgehead atoms. The molecular weight excluding hydrogens is 428 g/mol. The van der Waals surface area contributed by atoms with Gasteiger partial charge in [-0.3, -0.25) is 4.79 Å². The number of thioether (sulfide) groups is 1. The molecule has 0 aliphatic rings. The van der Waals surface area contributed by atoms with Crippen molar-refractivity contribution in [3.8, 4) is 10.8 Å². The molecule has 1 amide bonds. The maximum absolute atomic E-state index is 13.6. The summed E-state index contributed by atoms with van der Waals surface area (Å²) in [5, 5.41) is 11.8. The van der Waals surface area contributed by atoms with Crippen LogP contribution in [0, 0.1) is 11.6 Å². The molecule has 2 aromatic carbocycles. The molecule has 2 aromatic heterocycles. The van der Waals surface area contributed by atoms with E-state index in [1.54, 1.807) is 0 Å². The number of aromatic nitrogens is 2. The van der Waals surface area contributed by atoms with Gasteiger partial charge in [0.25, 0.3) is 11.1 Å². The molecule has 0 radical (unpaired) electrons. The third-order valence-electron chi connectivity index (χ3n) is 3.66. The number of rotatable bonds is 5. The van der Waals surface area contributed by atoms with E-state index in [0.717, 1.165) is 40.0 Å². The Hall–Kier alpha value is -2.49. The molecule has 5 nitrogen and oxygen atoms in total. The quantitative estimate of drug-likeness (QED) is 0.411. The normalized spacial score (nSPS) is 11.1. The van der Waals surface area contributed by atoms with Gasteiger partial charge in [-0.1, -0.05) is 41.6 Å². The Morgan fingerprint density at radius 1 is 1.21 bits per heavy atom. The summed E-state index contributed by atoms with van der Waals surface area (Å²) in [4.78, 5) is 12.6. The van der Waals surface area contributed by atoms with Gasteiger partial charge in [-0.25, -0.2) is 8.78 Å². The largest absolute Gasteiger partial charge is 0.410 e. The smallest absolute Gasteiger partial charge is 0.277 e. The molecule has 2 heterocycles. The molecule has 0 saturated heterocycles. The molecule has 0 aliphatic heterocycles. The van der Waals surface area contributed by atoms with Crippen LogP contribution in [-0.2, 0) is 4.79 Å². The van der Waals surface area contributed by atoms with Crippen molar-refractivity contribution in [2.24, 2.45) is 0 Å². The van der Waals surface area contributed by atoms with E-state index in [4.69, 9.17) is 16.0 Å². The van der Waals surface area contributed by atoms with Crippen LogP contribution in [0.15, 0.2) is 52.1 Å². The maximum atomic E-state index is 13.6. The number of hydrogen-bond donors (Lipinski definition) is 1. The Morgan fingerprint density at radius 2 is 2.04 bits per heavy atom. The Labute approximate surface area is 170 Å². The molecule has 0 unspecified atom stereocenters. The summed E-state index contributed by atoms with van der Waals surface area (Å²) in [6.45, 7) is 0. The molecule has 4 rings (SSSR count). The fourth-order valence-electron chi connectivity index (χ4n) is 2.42. The van der Waals surface area contributed by atoms with Crippen LogP contribution >= 0.6 is 34.7 Å². The van der Waals surface area contributed by atoms with Crippen LogP contribution in [0.2, 0.25) is 5.02 Å². The fraction of sp³-hybridized carbons (Fsp3) is 0.0556. The zero-order valence-corrected chi connectivity index (χ0v) is 16.3. The van der Waals surface area contributed by atoms with Crippen molar-refractivity contribution in [3.05, 3.63) is 59.1 Å². The Kier molecular flexibility index (Phi) is 5.29.